The molecule has 0 aromatic carbocycles. The Balaban J connectivity index is 2.55. The summed E-state index contributed by atoms with van der Waals surface area (Å²) in [5, 5.41) is 20.7. The van der Waals surface area contributed by atoms with Crippen molar-refractivity contribution in [2.75, 3.05) is 19.3 Å². The molecule has 7 nitrogen and oxygen atoms in total. The molecule has 3 unspecified atom stereocenters. The first-order valence-electron chi connectivity index (χ1n) is 5.60. The summed E-state index contributed by atoms with van der Waals surface area (Å²) < 4.78 is 11.1. The van der Waals surface area contributed by atoms with E-state index in [-0.39, 0.29) is 24.8 Å². The summed E-state index contributed by atoms with van der Waals surface area (Å²) in [6, 6.07) is -1.54. The number of carboxylic acid groups (broad SMARTS) is 1. The molecule has 2 amide bonds. The van der Waals surface area contributed by atoms with Gasteiger partial charge in [0.25, 0.3) is 0 Å². The number of hydrogen-bond donors (Lipinski definition) is 3. The molecule has 1 aliphatic heterocycles. The zero-order valence-corrected chi connectivity index (χ0v) is 11.1. The van der Waals surface area contributed by atoms with Gasteiger partial charge < -0.3 is 20.4 Å². The zero-order valence-electron chi connectivity index (χ0n) is 10.3. The van der Waals surface area contributed by atoms with Crippen molar-refractivity contribution in [3.63, 3.8) is 0 Å². The van der Waals surface area contributed by atoms with Crippen molar-refractivity contribution in [2.45, 2.75) is 30.7 Å². The van der Waals surface area contributed by atoms with Crippen LogP contribution in [0, 0.1) is 0 Å². The van der Waals surface area contributed by atoms with Gasteiger partial charge in [-0.15, -0.1) is 0 Å². The number of nitrogens with one attached hydrogen (secondary N) is 1. The van der Waals surface area contributed by atoms with Crippen molar-refractivity contribution in [1.29, 1.82) is 0 Å². The van der Waals surface area contributed by atoms with Gasteiger partial charge in [-0.3, -0.25) is 4.21 Å². The Kier molecular flexibility index (Phi) is 5.09. The molecule has 1 heterocycles. The Bertz CT molecular complexity index is 362. The molecule has 0 radical (unpaired) electrons. The van der Waals surface area contributed by atoms with Gasteiger partial charge in [0.15, 0.2) is 0 Å². The van der Waals surface area contributed by atoms with Crippen molar-refractivity contribution < 1.29 is 24.0 Å². The maximum atomic E-state index is 11.8. The van der Waals surface area contributed by atoms with Gasteiger partial charge >= 0.3 is 12.0 Å². The van der Waals surface area contributed by atoms with E-state index in [0.29, 0.717) is 0 Å². The maximum absolute atomic E-state index is 11.8. The quantitative estimate of drug-likeness (QED) is 0.610. The fourth-order valence-corrected chi connectivity index (χ4v) is 2.04. The van der Waals surface area contributed by atoms with Crippen molar-refractivity contribution in [1.82, 2.24) is 10.2 Å². The molecule has 8 heteroatoms. The molecule has 104 valence electrons. The van der Waals surface area contributed by atoms with Crippen LogP contribution in [0.1, 0.15) is 13.3 Å². The molecule has 0 aromatic rings. The number of likely N-dealkylation sites (tertiary alicyclic amines) is 1. The van der Waals surface area contributed by atoms with E-state index in [0.717, 1.165) is 4.90 Å². The van der Waals surface area contributed by atoms with E-state index in [1.807, 2.05) is 0 Å². The fraction of sp³-hybridized carbons (Fsp3) is 0.800. The maximum Gasteiger partial charge on any atom is 0.326 e. The van der Waals surface area contributed by atoms with Crippen LogP contribution in [-0.4, -0.2) is 68.1 Å². The van der Waals surface area contributed by atoms with Gasteiger partial charge in [0.05, 0.1) is 6.10 Å². The Morgan fingerprint density at radius 2 is 2.17 bits per heavy atom. The smallest absolute Gasteiger partial charge is 0.326 e. The lowest BCUT2D eigenvalue weighted by Gasteiger charge is -2.22. The number of hydrogen-bond acceptors (Lipinski definition) is 4. The molecular formula is C10H18N2O5S. The number of aliphatic hydroxyl groups excluding tert-OH is 1. The molecule has 1 aliphatic rings. The summed E-state index contributed by atoms with van der Waals surface area (Å²) in [4.78, 5) is 23.8. The molecule has 1 fully saturated rings. The highest BCUT2D eigenvalue weighted by molar-refractivity contribution is 7.84. The second-order valence-corrected chi connectivity index (χ2v) is 6.19. The van der Waals surface area contributed by atoms with Crippen molar-refractivity contribution in [2.24, 2.45) is 0 Å². The van der Waals surface area contributed by atoms with E-state index in [2.05, 4.69) is 5.32 Å². The van der Waals surface area contributed by atoms with E-state index in [9.17, 15) is 18.9 Å². The molecule has 0 spiro atoms. The molecule has 0 bridgehead atoms. The number of nitrogens with zero attached hydrogens (tertiary/aromatic N) is 1. The summed E-state index contributed by atoms with van der Waals surface area (Å²) in [6.07, 6.45) is 0.767. The summed E-state index contributed by atoms with van der Waals surface area (Å²) in [6.45, 7) is 1.94. The third-order valence-corrected chi connectivity index (χ3v) is 4.23. The molecule has 0 saturated carbocycles. The van der Waals surface area contributed by atoms with Crippen molar-refractivity contribution in [3.05, 3.63) is 0 Å². The van der Waals surface area contributed by atoms with Crippen LogP contribution in [-0.2, 0) is 15.6 Å². The normalized spacial score (nSPS) is 26.7. The standard InChI is InChI=1S/C10H18N2O5S/c1-6(18(2)17)4-11-10(16)12-5-7(13)3-8(12)9(14)15/h6-8,13H,3-5H2,1-2H3,(H,11,16)(H,14,15)/t6?,7?,8-,18?/m0/s1. The topological polar surface area (TPSA) is 107 Å². The highest BCUT2D eigenvalue weighted by atomic mass is 32.2. The van der Waals surface area contributed by atoms with Crippen LogP contribution in [0.15, 0.2) is 0 Å². The van der Waals surface area contributed by atoms with Gasteiger partial charge in [-0.1, -0.05) is 0 Å². The Morgan fingerprint density at radius 1 is 1.56 bits per heavy atom. The van der Waals surface area contributed by atoms with E-state index < -0.39 is 34.9 Å². The monoisotopic (exact) mass is 278 g/mol. The number of β-amino-alcohol motifs (C(OH)–C–C–N with tert-alkyl or cyclic N) is 1. The van der Waals surface area contributed by atoms with Gasteiger partial charge in [-0.2, -0.15) is 0 Å². The minimum absolute atomic E-state index is 0.00634. The van der Waals surface area contributed by atoms with Crippen LogP contribution in [0.3, 0.4) is 0 Å². The third kappa shape index (κ3) is 3.67. The van der Waals surface area contributed by atoms with Gasteiger partial charge in [0.2, 0.25) is 0 Å². The summed E-state index contributed by atoms with van der Waals surface area (Å²) in [7, 11) is -1.05. The lowest BCUT2D eigenvalue weighted by Crippen LogP contribution is -2.47. The van der Waals surface area contributed by atoms with Gasteiger partial charge in [0, 0.05) is 41.8 Å². The first-order chi connectivity index (χ1) is 8.32. The van der Waals surface area contributed by atoms with Crippen LogP contribution in [0.5, 0.6) is 0 Å². The number of urea groups is 1. The zero-order chi connectivity index (χ0) is 13.9. The number of aliphatic carboxylic acids is 1. The minimum Gasteiger partial charge on any atom is -0.480 e. The number of carbonyl (C=O) groups excluding carboxylic acids is 1. The summed E-state index contributed by atoms with van der Waals surface area (Å²) in [5.74, 6) is -1.13. The average Bonchev–Trinajstić information content (AvgIpc) is 2.67. The van der Waals surface area contributed by atoms with E-state index in [1.54, 1.807) is 6.92 Å². The molecule has 0 aromatic heterocycles. The Hall–Kier alpha value is -1.15. The molecule has 4 atom stereocenters. The van der Waals surface area contributed by atoms with Crippen LogP contribution in [0.25, 0.3) is 0 Å². The number of rotatable bonds is 4. The third-order valence-electron chi connectivity index (χ3n) is 2.93. The van der Waals surface area contributed by atoms with Crippen molar-refractivity contribution >= 4 is 22.8 Å². The van der Waals surface area contributed by atoms with Crippen LogP contribution in [0.4, 0.5) is 4.79 Å². The average molecular weight is 278 g/mol. The lowest BCUT2D eigenvalue weighted by atomic mass is 10.2. The number of aliphatic hydroxyl groups is 1. The number of carboxylic acids is 1. The number of amides is 2. The lowest BCUT2D eigenvalue weighted by molar-refractivity contribution is -0.141. The predicted octanol–water partition coefficient (Wildman–Crippen LogP) is -1.02. The van der Waals surface area contributed by atoms with Crippen LogP contribution in [0.2, 0.25) is 0 Å². The van der Waals surface area contributed by atoms with Gasteiger partial charge in [-0.05, 0) is 6.92 Å². The Morgan fingerprint density at radius 3 is 2.67 bits per heavy atom. The largest absolute Gasteiger partial charge is 0.480 e. The second kappa shape index (κ2) is 6.14. The first-order valence-corrected chi connectivity index (χ1v) is 7.22. The van der Waals surface area contributed by atoms with Crippen LogP contribution < -0.4 is 5.32 Å². The van der Waals surface area contributed by atoms with Crippen molar-refractivity contribution in [3.8, 4) is 0 Å². The SMILES string of the molecule is CC(CNC(=O)N1CC(O)C[C@H]1C(=O)O)S(C)=O. The summed E-state index contributed by atoms with van der Waals surface area (Å²) in [5.41, 5.74) is 0. The molecule has 3 N–H and O–H groups in total. The molecular weight excluding hydrogens is 260 g/mol. The van der Waals surface area contributed by atoms with E-state index in [4.69, 9.17) is 5.11 Å². The molecule has 18 heavy (non-hydrogen) atoms. The highest BCUT2D eigenvalue weighted by Crippen LogP contribution is 2.18. The van der Waals surface area contributed by atoms with Gasteiger partial charge in [-0.25, -0.2) is 9.59 Å². The van der Waals surface area contributed by atoms with E-state index >= 15 is 0 Å². The molecule has 0 aliphatic carbocycles. The minimum atomic E-state index is -1.13. The second-order valence-electron chi connectivity index (χ2n) is 4.39. The van der Waals surface area contributed by atoms with Crippen LogP contribution >= 0.6 is 0 Å². The highest BCUT2D eigenvalue weighted by Gasteiger charge is 2.38. The predicted molar refractivity (Wildman–Crippen MR) is 65.7 cm³/mol. The Labute approximate surface area is 108 Å². The first kappa shape index (κ1) is 14.9. The van der Waals surface area contributed by atoms with Gasteiger partial charge in [0.1, 0.15) is 6.04 Å². The number of carbonyl (C=O) groups is 2. The molecule has 1 saturated heterocycles. The fourth-order valence-electron chi connectivity index (χ4n) is 1.72. The molecule has 1 rings (SSSR count). The summed E-state index contributed by atoms with van der Waals surface area (Å²) >= 11 is 0. The van der Waals surface area contributed by atoms with E-state index in [1.165, 1.54) is 6.26 Å².